The molecule has 2 nitrogen and oxygen atoms in total. The monoisotopic (exact) mass is 230 g/mol. The Balaban J connectivity index is 2.64. The van der Waals surface area contributed by atoms with E-state index in [0.29, 0.717) is 0 Å². The number of alkyl halides is 1. The minimum Gasteiger partial charge on any atom is -0.374 e. The van der Waals surface area contributed by atoms with Crippen LogP contribution in [0.3, 0.4) is 0 Å². The molecule has 0 saturated carbocycles. The Bertz CT molecular complexity index is 210. The van der Waals surface area contributed by atoms with E-state index in [1.54, 1.807) is 0 Å². The standard InChI is InChI=1S/C12H23ClN2/c1-4-7-15(8-5-2)12-6-9-14(3)10-11(12)13/h6,11H,4-5,7-10H2,1-3H3. The van der Waals surface area contributed by atoms with Crippen LogP contribution in [0, 0.1) is 0 Å². The van der Waals surface area contributed by atoms with E-state index in [0.717, 1.165) is 26.2 Å². The molecule has 0 fully saturated rings. The molecule has 1 heterocycles. The lowest BCUT2D eigenvalue weighted by molar-refractivity contribution is 0.286. The van der Waals surface area contributed by atoms with Gasteiger partial charge in [0.25, 0.3) is 0 Å². The summed E-state index contributed by atoms with van der Waals surface area (Å²) < 4.78 is 0. The molecular weight excluding hydrogens is 208 g/mol. The summed E-state index contributed by atoms with van der Waals surface area (Å²) in [4.78, 5) is 4.71. The first kappa shape index (κ1) is 12.9. The predicted octanol–water partition coefficient (Wildman–Crippen LogP) is 2.55. The maximum atomic E-state index is 6.39. The third kappa shape index (κ3) is 3.69. The van der Waals surface area contributed by atoms with E-state index < -0.39 is 0 Å². The molecule has 0 aromatic heterocycles. The summed E-state index contributed by atoms with van der Waals surface area (Å²) in [5, 5.41) is 0.168. The van der Waals surface area contributed by atoms with Gasteiger partial charge < -0.3 is 9.80 Å². The van der Waals surface area contributed by atoms with Crippen molar-refractivity contribution in [2.75, 3.05) is 33.2 Å². The van der Waals surface area contributed by atoms with Crippen LogP contribution >= 0.6 is 11.6 Å². The second-order valence-corrected chi connectivity index (χ2v) is 4.83. The molecule has 1 unspecified atom stereocenters. The highest BCUT2D eigenvalue weighted by molar-refractivity contribution is 6.22. The third-order valence-electron chi connectivity index (χ3n) is 2.76. The zero-order valence-corrected chi connectivity index (χ0v) is 10.9. The van der Waals surface area contributed by atoms with Crippen LogP contribution in [0.5, 0.6) is 0 Å². The molecule has 88 valence electrons. The summed E-state index contributed by atoms with van der Waals surface area (Å²) in [5.74, 6) is 0. The van der Waals surface area contributed by atoms with Gasteiger partial charge in [-0.15, -0.1) is 11.6 Å². The van der Waals surface area contributed by atoms with Crippen molar-refractivity contribution in [1.82, 2.24) is 9.80 Å². The minimum absolute atomic E-state index is 0.168. The van der Waals surface area contributed by atoms with Gasteiger partial charge in [0.2, 0.25) is 0 Å². The van der Waals surface area contributed by atoms with E-state index in [-0.39, 0.29) is 5.38 Å². The van der Waals surface area contributed by atoms with Gasteiger partial charge in [0.1, 0.15) is 0 Å². The van der Waals surface area contributed by atoms with Crippen LogP contribution in [0.4, 0.5) is 0 Å². The van der Waals surface area contributed by atoms with Crippen LogP contribution in [-0.4, -0.2) is 48.4 Å². The zero-order valence-electron chi connectivity index (χ0n) is 10.2. The molecule has 0 aliphatic carbocycles. The number of hydrogen-bond donors (Lipinski definition) is 0. The van der Waals surface area contributed by atoms with E-state index in [2.05, 4.69) is 36.8 Å². The van der Waals surface area contributed by atoms with E-state index in [9.17, 15) is 0 Å². The van der Waals surface area contributed by atoms with Crippen LogP contribution in [0.25, 0.3) is 0 Å². The molecular formula is C12H23ClN2. The minimum atomic E-state index is 0.168. The molecule has 1 rings (SSSR count). The Morgan fingerprint density at radius 1 is 1.40 bits per heavy atom. The summed E-state index contributed by atoms with van der Waals surface area (Å²) in [6.45, 7) is 8.71. The van der Waals surface area contributed by atoms with E-state index in [1.165, 1.54) is 18.5 Å². The molecule has 1 aliphatic heterocycles. The fourth-order valence-electron chi connectivity index (χ4n) is 2.06. The molecule has 0 spiro atoms. The number of hydrogen-bond acceptors (Lipinski definition) is 2. The summed E-state index contributed by atoms with van der Waals surface area (Å²) in [7, 11) is 2.12. The highest BCUT2D eigenvalue weighted by atomic mass is 35.5. The van der Waals surface area contributed by atoms with Crippen LogP contribution in [-0.2, 0) is 0 Å². The van der Waals surface area contributed by atoms with Gasteiger partial charge in [-0.2, -0.15) is 0 Å². The van der Waals surface area contributed by atoms with Crippen molar-refractivity contribution in [2.45, 2.75) is 32.1 Å². The first-order valence-electron chi connectivity index (χ1n) is 5.96. The predicted molar refractivity (Wildman–Crippen MR) is 67.4 cm³/mol. The molecule has 0 saturated heterocycles. The molecule has 3 heteroatoms. The maximum Gasteiger partial charge on any atom is 0.0857 e. The average Bonchev–Trinajstić information content (AvgIpc) is 2.17. The Kier molecular flexibility index (Phi) is 5.48. The molecule has 0 radical (unpaired) electrons. The SMILES string of the molecule is CCCN(CCC)C1=CCN(C)CC1Cl. The second-order valence-electron chi connectivity index (χ2n) is 4.30. The summed E-state index contributed by atoms with van der Waals surface area (Å²) >= 11 is 6.39. The summed E-state index contributed by atoms with van der Waals surface area (Å²) in [6, 6.07) is 0. The van der Waals surface area contributed by atoms with Crippen molar-refractivity contribution in [1.29, 1.82) is 0 Å². The lowest BCUT2D eigenvalue weighted by Crippen LogP contribution is -2.39. The van der Waals surface area contributed by atoms with Crippen molar-refractivity contribution in [3.8, 4) is 0 Å². The fraction of sp³-hybridized carbons (Fsp3) is 0.833. The van der Waals surface area contributed by atoms with E-state index in [1.807, 2.05) is 0 Å². The summed E-state index contributed by atoms with van der Waals surface area (Å²) in [5.41, 5.74) is 1.35. The van der Waals surface area contributed by atoms with Gasteiger partial charge in [-0.1, -0.05) is 13.8 Å². The van der Waals surface area contributed by atoms with Crippen LogP contribution in [0.2, 0.25) is 0 Å². The molecule has 1 aliphatic rings. The average molecular weight is 231 g/mol. The van der Waals surface area contributed by atoms with Crippen molar-refractivity contribution in [3.05, 3.63) is 11.8 Å². The highest BCUT2D eigenvalue weighted by Crippen LogP contribution is 2.20. The molecule has 0 aromatic carbocycles. The Labute approximate surface area is 98.9 Å². The van der Waals surface area contributed by atoms with Gasteiger partial charge in [0.15, 0.2) is 0 Å². The van der Waals surface area contributed by atoms with Crippen molar-refractivity contribution in [3.63, 3.8) is 0 Å². The lowest BCUT2D eigenvalue weighted by atomic mass is 10.1. The number of rotatable bonds is 5. The smallest absolute Gasteiger partial charge is 0.0857 e. The second kappa shape index (κ2) is 6.39. The van der Waals surface area contributed by atoms with E-state index in [4.69, 9.17) is 11.6 Å². The van der Waals surface area contributed by atoms with Gasteiger partial charge in [0.05, 0.1) is 5.38 Å². The van der Waals surface area contributed by atoms with Gasteiger partial charge in [-0.25, -0.2) is 0 Å². The normalized spacial score (nSPS) is 22.7. The number of halogens is 1. The highest BCUT2D eigenvalue weighted by Gasteiger charge is 2.22. The van der Waals surface area contributed by atoms with Crippen molar-refractivity contribution >= 4 is 11.6 Å². The van der Waals surface area contributed by atoms with Crippen molar-refractivity contribution in [2.24, 2.45) is 0 Å². The Hall–Kier alpha value is -0.210. The molecule has 0 N–H and O–H groups in total. The van der Waals surface area contributed by atoms with Gasteiger partial charge in [-0.05, 0) is 26.0 Å². The largest absolute Gasteiger partial charge is 0.374 e. The summed E-state index contributed by atoms with van der Waals surface area (Å²) in [6.07, 6.45) is 4.67. The molecule has 1 atom stereocenters. The number of nitrogens with zero attached hydrogens (tertiary/aromatic N) is 2. The topological polar surface area (TPSA) is 6.48 Å². The Morgan fingerprint density at radius 2 is 2.00 bits per heavy atom. The first-order chi connectivity index (χ1) is 7.19. The maximum absolute atomic E-state index is 6.39. The van der Waals surface area contributed by atoms with Gasteiger partial charge >= 0.3 is 0 Å². The third-order valence-corrected chi connectivity index (χ3v) is 3.12. The van der Waals surface area contributed by atoms with Crippen molar-refractivity contribution < 1.29 is 0 Å². The molecule has 0 bridgehead atoms. The first-order valence-corrected chi connectivity index (χ1v) is 6.40. The van der Waals surface area contributed by atoms with Crippen LogP contribution < -0.4 is 0 Å². The molecule has 0 aromatic rings. The zero-order chi connectivity index (χ0) is 11.3. The van der Waals surface area contributed by atoms with Gasteiger partial charge in [-0.3, -0.25) is 0 Å². The lowest BCUT2D eigenvalue weighted by Gasteiger charge is -2.34. The van der Waals surface area contributed by atoms with Crippen LogP contribution in [0.1, 0.15) is 26.7 Å². The molecule has 0 amide bonds. The van der Waals surface area contributed by atoms with Crippen LogP contribution in [0.15, 0.2) is 11.8 Å². The Morgan fingerprint density at radius 3 is 2.47 bits per heavy atom. The quantitative estimate of drug-likeness (QED) is 0.670. The molecule has 15 heavy (non-hydrogen) atoms. The van der Waals surface area contributed by atoms with Gasteiger partial charge in [0, 0.05) is 31.9 Å². The number of likely N-dealkylation sites (N-methyl/N-ethyl adjacent to an activating group) is 1. The van der Waals surface area contributed by atoms with E-state index >= 15 is 0 Å². The fourth-order valence-corrected chi connectivity index (χ4v) is 2.52.